The smallest absolute Gasteiger partial charge is 0.313 e. The molecular weight excluding hydrogens is 172 g/mol. The standard InChI is InChI=1S/C9H14O4/c1-12-9(11)8-6(10)4-5-2-3-7(8)13-5/h5-8,10H,2-4H2,1H3/t5-,6-,7+,8-/m0/s1. The molecule has 2 bridgehead atoms. The van der Waals surface area contributed by atoms with Crippen LogP contribution in [-0.2, 0) is 14.3 Å². The zero-order valence-corrected chi connectivity index (χ0v) is 7.60. The van der Waals surface area contributed by atoms with Gasteiger partial charge in [-0.1, -0.05) is 0 Å². The van der Waals surface area contributed by atoms with E-state index in [2.05, 4.69) is 4.74 Å². The molecule has 4 heteroatoms. The van der Waals surface area contributed by atoms with Crippen molar-refractivity contribution in [3.05, 3.63) is 0 Å². The van der Waals surface area contributed by atoms with Gasteiger partial charge in [-0.2, -0.15) is 0 Å². The number of esters is 1. The number of hydrogen-bond donors (Lipinski definition) is 1. The Morgan fingerprint density at radius 1 is 1.54 bits per heavy atom. The summed E-state index contributed by atoms with van der Waals surface area (Å²) >= 11 is 0. The molecule has 2 aliphatic heterocycles. The maximum absolute atomic E-state index is 11.3. The number of aliphatic hydroxyl groups is 1. The molecule has 0 aliphatic carbocycles. The molecule has 0 saturated carbocycles. The Morgan fingerprint density at radius 2 is 2.31 bits per heavy atom. The lowest BCUT2D eigenvalue weighted by Crippen LogP contribution is -2.43. The van der Waals surface area contributed by atoms with E-state index in [9.17, 15) is 9.90 Å². The normalized spacial score (nSPS) is 43.2. The van der Waals surface area contributed by atoms with Gasteiger partial charge in [-0.3, -0.25) is 4.79 Å². The van der Waals surface area contributed by atoms with Gasteiger partial charge in [-0.25, -0.2) is 0 Å². The molecule has 0 unspecified atom stereocenters. The summed E-state index contributed by atoms with van der Waals surface area (Å²) in [6, 6.07) is 0. The second-order valence-electron chi connectivity index (χ2n) is 3.73. The molecule has 2 saturated heterocycles. The van der Waals surface area contributed by atoms with Gasteiger partial charge in [-0.05, 0) is 12.8 Å². The first kappa shape index (κ1) is 8.97. The van der Waals surface area contributed by atoms with Crippen molar-refractivity contribution in [3.8, 4) is 0 Å². The van der Waals surface area contributed by atoms with Crippen molar-refractivity contribution >= 4 is 5.97 Å². The molecule has 2 rings (SSSR count). The third-order valence-electron chi connectivity index (χ3n) is 2.93. The van der Waals surface area contributed by atoms with Crippen molar-refractivity contribution < 1.29 is 19.4 Å². The van der Waals surface area contributed by atoms with Crippen molar-refractivity contribution in [1.82, 2.24) is 0 Å². The Morgan fingerprint density at radius 3 is 3.00 bits per heavy atom. The summed E-state index contributed by atoms with van der Waals surface area (Å²) in [7, 11) is 1.34. The summed E-state index contributed by atoms with van der Waals surface area (Å²) in [6.45, 7) is 0. The van der Waals surface area contributed by atoms with Crippen molar-refractivity contribution in [2.24, 2.45) is 5.92 Å². The van der Waals surface area contributed by atoms with E-state index in [-0.39, 0.29) is 18.2 Å². The van der Waals surface area contributed by atoms with E-state index >= 15 is 0 Å². The van der Waals surface area contributed by atoms with Crippen LogP contribution >= 0.6 is 0 Å². The first-order valence-corrected chi connectivity index (χ1v) is 4.63. The molecule has 1 N–H and O–H groups in total. The van der Waals surface area contributed by atoms with Gasteiger partial charge in [0.1, 0.15) is 5.92 Å². The van der Waals surface area contributed by atoms with Crippen LogP contribution in [0.25, 0.3) is 0 Å². The molecule has 0 aromatic heterocycles. The molecule has 74 valence electrons. The molecule has 2 fully saturated rings. The first-order chi connectivity index (χ1) is 6.22. The van der Waals surface area contributed by atoms with Crippen LogP contribution < -0.4 is 0 Å². The van der Waals surface area contributed by atoms with Crippen LogP contribution in [0.5, 0.6) is 0 Å². The van der Waals surface area contributed by atoms with E-state index in [0.29, 0.717) is 6.42 Å². The molecule has 0 aromatic carbocycles. The lowest BCUT2D eigenvalue weighted by Gasteiger charge is -2.31. The fourth-order valence-electron chi connectivity index (χ4n) is 2.28. The molecule has 13 heavy (non-hydrogen) atoms. The lowest BCUT2D eigenvalue weighted by atomic mass is 9.92. The molecule has 0 aromatic rings. The van der Waals surface area contributed by atoms with Crippen LogP contribution in [0.3, 0.4) is 0 Å². The highest BCUT2D eigenvalue weighted by atomic mass is 16.5. The van der Waals surface area contributed by atoms with Crippen molar-refractivity contribution in [1.29, 1.82) is 0 Å². The zero-order valence-electron chi connectivity index (χ0n) is 7.60. The van der Waals surface area contributed by atoms with Gasteiger partial charge in [0.05, 0.1) is 25.4 Å². The SMILES string of the molecule is COC(=O)[C@H]1[C@@H](O)C[C@@H]2CC[C@H]1O2. The number of carbonyl (C=O) groups is 1. The number of fused-ring (bicyclic) bond motifs is 2. The minimum Gasteiger partial charge on any atom is -0.469 e. The minimum atomic E-state index is -0.585. The summed E-state index contributed by atoms with van der Waals surface area (Å²) < 4.78 is 10.2. The molecular formula is C9H14O4. The summed E-state index contributed by atoms with van der Waals surface area (Å²) in [4.78, 5) is 11.3. The van der Waals surface area contributed by atoms with Gasteiger partial charge >= 0.3 is 5.97 Å². The van der Waals surface area contributed by atoms with Crippen molar-refractivity contribution in [3.63, 3.8) is 0 Å². The fourth-order valence-corrected chi connectivity index (χ4v) is 2.28. The molecule has 2 heterocycles. The van der Waals surface area contributed by atoms with Crippen LogP contribution in [0, 0.1) is 5.92 Å². The Labute approximate surface area is 76.8 Å². The Kier molecular flexibility index (Phi) is 2.26. The number of rotatable bonds is 1. The zero-order chi connectivity index (χ0) is 9.42. The molecule has 4 atom stereocenters. The average Bonchev–Trinajstić information content (AvgIpc) is 2.48. The first-order valence-electron chi connectivity index (χ1n) is 4.63. The highest BCUT2D eigenvalue weighted by Gasteiger charge is 2.46. The summed E-state index contributed by atoms with van der Waals surface area (Å²) in [6.07, 6.45) is 1.83. The van der Waals surface area contributed by atoms with Crippen LogP contribution in [0.4, 0.5) is 0 Å². The van der Waals surface area contributed by atoms with Gasteiger partial charge in [0.25, 0.3) is 0 Å². The van der Waals surface area contributed by atoms with E-state index in [1.54, 1.807) is 0 Å². The quantitative estimate of drug-likeness (QED) is 0.589. The van der Waals surface area contributed by atoms with Gasteiger partial charge in [0, 0.05) is 6.42 Å². The van der Waals surface area contributed by atoms with E-state index < -0.39 is 12.0 Å². The summed E-state index contributed by atoms with van der Waals surface area (Å²) in [5.41, 5.74) is 0. The molecule has 0 radical (unpaired) electrons. The Bertz CT molecular complexity index is 216. The average molecular weight is 186 g/mol. The second kappa shape index (κ2) is 3.27. The predicted octanol–water partition coefficient (Wildman–Crippen LogP) is 0.0878. The largest absolute Gasteiger partial charge is 0.469 e. The van der Waals surface area contributed by atoms with Gasteiger partial charge in [0.2, 0.25) is 0 Å². The monoisotopic (exact) mass is 186 g/mol. The highest BCUT2D eigenvalue weighted by molar-refractivity contribution is 5.74. The third kappa shape index (κ3) is 1.44. The molecule has 2 aliphatic rings. The van der Waals surface area contributed by atoms with Crippen LogP contribution in [0.1, 0.15) is 19.3 Å². The van der Waals surface area contributed by atoms with Crippen molar-refractivity contribution in [2.45, 2.75) is 37.6 Å². The summed E-state index contributed by atoms with van der Waals surface area (Å²) in [5.74, 6) is -0.818. The Balaban J connectivity index is 2.11. The molecule has 4 nitrogen and oxygen atoms in total. The molecule has 0 amide bonds. The summed E-state index contributed by atoms with van der Waals surface area (Å²) in [5, 5.41) is 9.67. The topological polar surface area (TPSA) is 55.8 Å². The maximum Gasteiger partial charge on any atom is 0.313 e. The Hall–Kier alpha value is -0.610. The fraction of sp³-hybridized carbons (Fsp3) is 0.889. The van der Waals surface area contributed by atoms with Gasteiger partial charge in [0.15, 0.2) is 0 Å². The lowest BCUT2D eigenvalue weighted by molar-refractivity contribution is -0.166. The van der Waals surface area contributed by atoms with E-state index in [1.165, 1.54) is 7.11 Å². The highest BCUT2D eigenvalue weighted by Crippen LogP contribution is 2.37. The van der Waals surface area contributed by atoms with Crippen molar-refractivity contribution in [2.75, 3.05) is 7.11 Å². The van der Waals surface area contributed by atoms with E-state index in [1.807, 2.05) is 0 Å². The van der Waals surface area contributed by atoms with Gasteiger partial charge in [-0.15, -0.1) is 0 Å². The number of carbonyl (C=O) groups excluding carboxylic acids is 1. The minimum absolute atomic E-state index is 0.124. The van der Waals surface area contributed by atoms with Crippen LogP contribution in [0.15, 0.2) is 0 Å². The number of methoxy groups -OCH3 is 1. The number of aliphatic hydroxyl groups excluding tert-OH is 1. The predicted molar refractivity (Wildman–Crippen MR) is 44.0 cm³/mol. The second-order valence-corrected chi connectivity index (χ2v) is 3.73. The number of hydrogen-bond acceptors (Lipinski definition) is 4. The van der Waals surface area contributed by atoms with Crippen LogP contribution in [0.2, 0.25) is 0 Å². The van der Waals surface area contributed by atoms with Gasteiger partial charge < -0.3 is 14.6 Å². The van der Waals surface area contributed by atoms with E-state index in [4.69, 9.17) is 4.74 Å². The maximum atomic E-state index is 11.3. The number of ether oxygens (including phenoxy) is 2. The molecule has 0 spiro atoms. The van der Waals surface area contributed by atoms with E-state index in [0.717, 1.165) is 12.8 Å². The van der Waals surface area contributed by atoms with Crippen LogP contribution in [-0.4, -0.2) is 36.5 Å². The third-order valence-corrected chi connectivity index (χ3v) is 2.93.